The van der Waals surface area contributed by atoms with Crippen LogP contribution in [0.2, 0.25) is 0 Å². The van der Waals surface area contributed by atoms with E-state index in [1.54, 1.807) is 0 Å². The van der Waals surface area contributed by atoms with E-state index in [0.717, 1.165) is 0 Å². The van der Waals surface area contributed by atoms with Crippen LogP contribution in [0.1, 0.15) is 17.5 Å². The lowest BCUT2D eigenvalue weighted by Gasteiger charge is -2.17. The predicted octanol–water partition coefficient (Wildman–Crippen LogP) is 0.437. The molecule has 0 spiro atoms. The molecule has 2 atom stereocenters. The molecule has 0 aliphatic carbocycles. The summed E-state index contributed by atoms with van der Waals surface area (Å²) in [6, 6.07) is 1.76. The number of aliphatic hydroxyl groups is 1. The maximum absolute atomic E-state index is 12.0. The Kier molecular flexibility index (Phi) is 5.14. The van der Waals surface area contributed by atoms with Crippen molar-refractivity contribution in [1.29, 1.82) is 0 Å². The zero-order valence-electron chi connectivity index (χ0n) is 10.4. The van der Waals surface area contributed by atoms with Crippen molar-refractivity contribution < 1.29 is 32.3 Å². The van der Waals surface area contributed by atoms with Crippen molar-refractivity contribution in [2.45, 2.75) is 25.2 Å². The normalized spacial score (nSPS) is 14.4. The van der Waals surface area contributed by atoms with Gasteiger partial charge in [0.25, 0.3) is 5.91 Å². The van der Waals surface area contributed by atoms with Crippen LogP contribution in [0.3, 0.4) is 0 Å². The van der Waals surface area contributed by atoms with Crippen LogP contribution in [0, 0.1) is 0 Å². The third-order valence-electron chi connectivity index (χ3n) is 2.33. The lowest BCUT2D eigenvalue weighted by molar-refractivity contribution is -0.201. The summed E-state index contributed by atoms with van der Waals surface area (Å²) in [6.07, 6.45) is -6.20. The van der Waals surface area contributed by atoms with Crippen LogP contribution in [0.5, 0.6) is 0 Å². The Morgan fingerprint density at radius 2 is 2.10 bits per heavy atom. The predicted molar refractivity (Wildman–Crippen MR) is 60.7 cm³/mol. The molecule has 1 rings (SSSR count). The van der Waals surface area contributed by atoms with Crippen molar-refractivity contribution in [3.05, 3.63) is 24.2 Å². The molecule has 0 aromatic carbocycles. The maximum Gasteiger partial charge on any atom is 0.416 e. The molecule has 0 fully saturated rings. The molecule has 6 nitrogen and oxygen atoms in total. The first-order valence-corrected chi connectivity index (χ1v) is 5.58. The second-order valence-electron chi connectivity index (χ2n) is 3.98. The molecule has 1 aromatic heterocycles. The van der Waals surface area contributed by atoms with Gasteiger partial charge in [-0.15, -0.1) is 0 Å². The summed E-state index contributed by atoms with van der Waals surface area (Å²) in [4.78, 5) is 22.9. The van der Waals surface area contributed by atoms with E-state index in [1.807, 2.05) is 5.32 Å². The Balaban J connectivity index is 2.42. The van der Waals surface area contributed by atoms with E-state index >= 15 is 0 Å². The third-order valence-corrected chi connectivity index (χ3v) is 2.33. The minimum absolute atomic E-state index is 0.0278. The molecule has 0 saturated carbocycles. The van der Waals surface area contributed by atoms with Gasteiger partial charge in [0.1, 0.15) is 6.04 Å². The standard InChI is InChI=1S/C11H13F3N2O4/c1-6(16-10(19)7-3-2-4-20-7)9(18)15-5-8(17)11(12,13)14/h2-4,6,8,17H,5H2,1H3,(H,15,18)(H,16,19). The van der Waals surface area contributed by atoms with Gasteiger partial charge in [0.05, 0.1) is 12.8 Å². The quantitative estimate of drug-likeness (QED) is 0.734. The van der Waals surface area contributed by atoms with Gasteiger partial charge in [-0.25, -0.2) is 0 Å². The highest BCUT2D eigenvalue weighted by atomic mass is 19.4. The molecule has 0 aliphatic heterocycles. The average Bonchev–Trinajstić information content (AvgIpc) is 2.87. The molecule has 2 amide bonds. The van der Waals surface area contributed by atoms with Gasteiger partial charge in [-0.05, 0) is 19.1 Å². The number of hydrogen-bond donors (Lipinski definition) is 3. The highest BCUT2D eigenvalue weighted by molar-refractivity contribution is 5.95. The molecule has 2 unspecified atom stereocenters. The van der Waals surface area contributed by atoms with Gasteiger partial charge < -0.3 is 20.2 Å². The minimum atomic E-state index is -4.81. The van der Waals surface area contributed by atoms with Crippen molar-refractivity contribution in [1.82, 2.24) is 10.6 Å². The minimum Gasteiger partial charge on any atom is -0.459 e. The number of carbonyl (C=O) groups is 2. The number of alkyl halides is 3. The van der Waals surface area contributed by atoms with Gasteiger partial charge in [0.2, 0.25) is 5.91 Å². The fourth-order valence-corrected chi connectivity index (χ4v) is 1.21. The van der Waals surface area contributed by atoms with Gasteiger partial charge in [-0.2, -0.15) is 13.2 Å². The molecule has 1 heterocycles. The number of halogens is 3. The summed E-state index contributed by atoms with van der Waals surface area (Å²) in [5, 5.41) is 12.8. The summed E-state index contributed by atoms with van der Waals surface area (Å²) in [7, 11) is 0. The van der Waals surface area contributed by atoms with Crippen LogP contribution < -0.4 is 10.6 Å². The molecule has 0 radical (unpaired) electrons. The van der Waals surface area contributed by atoms with E-state index < -0.39 is 36.7 Å². The molecule has 112 valence electrons. The number of nitrogens with one attached hydrogen (secondary N) is 2. The molecular weight excluding hydrogens is 281 g/mol. The van der Waals surface area contributed by atoms with Crippen LogP contribution in [-0.4, -0.2) is 41.8 Å². The molecule has 0 bridgehead atoms. The number of rotatable bonds is 5. The molecule has 1 aromatic rings. The lowest BCUT2D eigenvalue weighted by atomic mass is 10.2. The Morgan fingerprint density at radius 3 is 2.60 bits per heavy atom. The van der Waals surface area contributed by atoms with E-state index in [1.165, 1.54) is 25.3 Å². The summed E-state index contributed by atoms with van der Waals surface area (Å²) < 4.78 is 40.8. The molecule has 3 N–H and O–H groups in total. The second-order valence-corrected chi connectivity index (χ2v) is 3.98. The molecule has 0 saturated heterocycles. The Hall–Kier alpha value is -2.03. The first kappa shape index (κ1) is 16.0. The van der Waals surface area contributed by atoms with E-state index in [0.29, 0.717) is 0 Å². The van der Waals surface area contributed by atoms with Crippen molar-refractivity contribution in [2.75, 3.05) is 6.54 Å². The van der Waals surface area contributed by atoms with Gasteiger partial charge in [0.15, 0.2) is 11.9 Å². The van der Waals surface area contributed by atoms with E-state index in [4.69, 9.17) is 9.52 Å². The largest absolute Gasteiger partial charge is 0.459 e. The number of amides is 2. The van der Waals surface area contributed by atoms with Crippen LogP contribution in [-0.2, 0) is 4.79 Å². The van der Waals surface area contributed by atoms with E-state index in [2.05, 4.69) is 5.32 Å². The SMILES string of the molecule is CC(NC(=O)c1ccco1)C(=O)NCC(O)C(F)(F)F. The Labute approximate surface area is 111 Å². The van der Waals surface area contributed by atoms with Crippen molar-refractivity contribution in [3.8, 4) is 0 Å². The van der Waals surface area contributed by atoms with Crippen LogP contribution in [0.25, 0.3) is 0 Å². The monoisotopic (exact) mass is 294 g/mol. The number of furan rings is 1. The first-order valence-electron chi connectivity index (χ1n) is 5.58. The second kappa shape index (κ2) is 6.42. The van der Waals surface area contributed by atoms with E-state index in [-0.39, 0.29) is 5.76 Å². The number of carbonyl (C=O) groups excluding carboxylic acids is 2. The van der Waals surface area contributed by atoms with Gasteiger partial charge in [-0.1, -0.05) is 0 Å². The first-order chi connectivity index (χ1) is 9.21. The zero-order valence-corrected chi connectivity index (χ0v) is 10.4. The van der Waals surface area contributed by atoms with Crippen LogP contribution in [0.15, 0.2) is 22.8 Å². The molecule has 9 heteroatoms. The summed E-state index contributed by atoms with van der Waals surface area (Å²) in [5.41, 5.74) is 0. The zero-order chi connectivity index (χ0) is 15.3. The van der Waals surface area contributed by atoms with Crippen molar-refractivity contribution in [2.24, 2.45) is 0 Å². The van der Waals surface area contributed by atoms with E-state index in [9.17, 15) is 22.8 Å². The average molecular weight is 294 g/mol. The maximum atomic E-state index is 12.0. The Morgan fingerprint density at radius 1 is 1.45 bits per heavy atom. The third kappa shape index (κ3) is 4.57. The summed E-state index contributed by atoms with van der Waals surface area (Å²) >= 11 is 0. The van der Waals surface area contributed by atoms with Gasteiger partial charge >= 0.3 is 6.18 Å². The van der Waals surface area contributed by atoms with Crippen LogP contribution in [0.4, 0.5) is 13.2 Å². The van der Waals surface area contributed by atoms with Crippen molar-refractivity contribution in [3.63, 3.8) is 0 Å². The summed E-state index contributed by atoms with van der Waals surface area (Å²) in [6.45, 7) is 0.305. The van der Waals surface area contributed by atoms with Crippen LogP contribution >= 0.6 is 0 Å². The number of aliphatic hydroxyl groups excluding tert-OH is 1. The highest BCUT2D eigenvalue weighted by Gasteiger charge is 2.38. The smallest absolute Gasteiger partial charge is 0.416 e. The van der Waals surface area contributed by atoms with Gasteiger partial charge in [-0.3, -0.25) is 9.59 Å². The van der Waals surface area contributed by atoms with Crippen molar-refractivity contribution >= 4 is 11.8 Å². The summed E-state index contributed by atoms with van der Waals surface area (Å²) in [5.74, 6) is -1.55. The fraction of sp³-hybridized carbons (Fsp3) is 0.455. The topological polar surface area (TPSA) is 91.6 Å². The molecular formula is C11H13F3N2O4. The lowest BCUT2D eigenvalue weighted by Crippen LogP contribution is -2.48. The highest BCUT2D eigenvalue weighted by Crippen LogP contribution is 2.19. The Bertz CT molecular complexity index is 459. The van der Waals surface area contributed by atoms with Gasteiger partial charge in [0, 0.05) is 0 Å². The molecule has 20 heavy (non-hydrogen) atoms. The number of hydrogen-bond acceptors (Lipinski definition) is 4. The fourth-order valence-electron chi connectivity index (χ4n) is 1.21. The molecule has 0 aliphatic rings.